The number of alkyl halides is 1. The molecule has 3 aliphatic heterocycles. The van der Waals surface area contributed by atoms with Crippen LogP contribution in [0.3, 0.4) is 0 Å². The lowest BCUT2D eigenvalue weighted by Crippen LogP contribution is -2.50. The molecule has 3 heterocycles. The van der Waals surface area contributed by atoms with Gasteiger partial charge in [0.2, 0.25) is 35.4 Å². The second kappa shape index (κ2) is 30.0. The van der Waals surface area contributed by atoms with Gasteiger partial charge in [0, 0.05) is 44.1 Å². The van der Waals surface area contributed by atoms with E-state index < -0.39 is 45.8 Å². The average Bonchev–Trinajstić information content (AvgIpc) is 4.16. The van der Waals surface area contributed by atoms with Crippen LogP contribution < -0.4 is 31.3 Å². The van der Waals surface area contributed by atoms with Gasteiger partial charge in [-0.3, -0.25) is 28.8 Å². The van der Waals surface area contributed by atoms with Crippen molar-refractivity contribution < 1.29 is 61.2 Å². The summed E-state index contributed by atoms with van der Waals surface area (Å²) in [6, 6.07) is 12.4. The average molecular weight is 1140 g/mol. The third-order valence-corrected chi connectivity index (χ3v) is 15.2. The minimum Gasteiger partial charge on any atom is -0.387 e. The molecule has 3 aliphatic rings. The number of amides is 6. The van der Waals surface area contributed by atoms with Crippen molar-refractivity contribution in [2.75, 3.05) is 30.3 Å². The van der Waals surface area contributed by atoms with E-state index in [1.807, 2.05) is 40.7 Å². The number of hydrogen-bond donors (Lipinski definition) is 7. The molecule has 3 saturated heterocycles. The van der Waals surface area contributed by atoms with E-state index in [0.717, 1.165) is 24.8 Å². The van der Waals surface area contributed by atoms with E-state index in [-0.39, 0.29) is 109 Å². The molecule has 0 saturated carbocycles. The molecule has 0 bridgehead atoms. The number of carbonyl (C=O) groups is 6. The highest BCUT2D eigenvalue weighted by molar-refractivity contribution is 9.09. The van der Waals surface area contributed by atoms with Crippen LogP contribution in [0.1, 0.15) is 110 Å². The first-order valence-electron chi connectivity index (χ1n) is 26.2. The molecule has 2 aromatic carbocycles. The SMILES string of the molecule is CC(/C=C/[C@H]1O[C@H](CC(=O)NCc2ccc(S(=O)(=O)NC(=O)CCc3ccccc3NC(=O)CNC(=O)CCCCCNC(=O)CBr)cc2)C[C@@]2(CO2)[C@@H]1O)=C\C[C@@H]1O[C@H](C)[C@H](NC(=O)/C=C\[C@H](C)OC(C)C)C[C@@H]1C. The van der Waals surface area contributed by atoms with Gasteiger partial charge in [0.15, 0.2) is 0 Å². The summed E-state index contributed by atoms with van der Waals surface area (Å²) in [6.45, 7) is 12.6. The number of sulfonamides is 1. The number of allylic oxidation sites excluding steroid dienone is 2. The quantitative estimate of drug-likeness (QED) is 0.0192. The Morgan fingerprint density at radius 3 is 2.33 bits per heavy atom. The molecule has 9 atom stereocenters. The van der Waals surface area contributed by atoms with Crippen molar-refractivity contribution in [3.63, 3.8) is 0 Å². The van der Waals surface area contributed by atoms with Crippen molar-refractivity contribution in [3.8, 4) is 0 Å². The fourth-order valence-electron chi connectivity index (χ4n) is 9.02. The number of benzene rings is 2. The first kappa shape index (κ1) is 61.6. The van der Waals surface area contributed by atoms with Crippen LogP contribution in [-0.2, 0) is 70.7 Å². The second-order valence-electron chi connectivity index (χ2n) is 20.2. The molecule has 0 aromatic heterocycles. The van der Waals surface area contributed by atoms with Crippen molar-refractivity contribution >= 4 is 67.1 Å². The van der Waals surface area contributed by atoms with E-state index in [1.54, 1.807) is 36.4 Å². The van der Waals surface area contributed by atoms with Crippen LogP contribution in [0.4, 0.5) is 5.69 Å². The van der Waals surface area contributed by atoms with Gasteiger partial charge in [-0.05, 0) is 102 Å². The van der Waals surface area contributed by atoms with Crippen LogP contribution in [0.2, 0.25) is 0 Å². The molecule has 3 fully saturated rings. The monoisotopic (exact) mass is 1140 g/mol. The molecular weight excluding hydrogens is 1060 g/mol. The molecule has 21 heteroatoms. The van der Waals surface area contributed by atoms with Crippen LogP contribution in [0.5, 0.6) is 0 Å². The maximum absolute atomic E-state index is 13.2. The smallest absolute Gasteiger partial charge is 0.264 e. The number of ether oxygens (including phenoxy) is 4. The molecule has 5 rings (SSSR count). The lowest BCUT2D eigenvalue weighted by Gasteiger charge is -2.39. The van der Waals surface area contributed by atoms with Gasteiger partial charge >= 0.3 is 0 Å². The summed E-state index contributed by atoms with van der Waals surface area (Å²) in [4.78, 5) is 74.7. The third-order valence-electron chi connectivity index (χ3n) is 13.3. The Morgan fingerprint density at radius 2 is 1.62 bits per heavy atom. The number of halogens is 1. The zero-order valence-electron chi connectivity index (χ0n) is 44.4. The van der Waals surface area contributed by atoms with Crippen molar-refractivity contribution in [2.45, 2.75) is 172 Å². The predicted molar refractivity (Wildman–Crippen MR) is 290 cm³/mol. The summed E-state index contributed by atoms with van der Waals surface area (Å²) in [6.07, 6.45) is 10.5. The number of para-hydroxylation sites is 1. The number of aliphatic hydroxyl groups excluding tert-OH is 1. The highest BCUT2D eigenvalue weighted by atomic mass is 79.9. The van der Waals surface area contributed by atoms with Crippen LogP contribution in [0.25, 0.3) is 0 Å². The Labute approximate surface area is 455 Å². The van der Waals surface area contributed by atoms with Crippen LogP contribution in [0.15, 0.2) is 89.4 Å². The molecule has 19 nitrogen and oxygen atoms in total. The van der Waals surface area contributed by atoms with E-state index in [2.05, 4.69) is 60.2 Å². The number of unbranched alkanes of at least 4 members (excludes halogenated alkanes) is 2. The van der Waals surface area contributed by atoms with Crippen LogP contribution in [-0.4, -0.2) is 128 Å². The van der Waals surface area contributed by atoms with Gasteiger partial charge in [-0.2, -0.15) is 0 Å². The molecule has 7 N–H and O–H groups in total. The number of anilines is 1. The van der Waals surface area contributed by atoms with Crippen molar-refractivity contribution in [2.24, 2.45) is 5.92 Å². The van der Waals surface area contributed by atoms with E-state index in [9.17, 15) is 42.3 Å². The molecule has 2 aromatic rings. The van der Waals surface area contributed by atoms with Gasteiger partial charge in [0.1, 0.15) is 17.8 Å². The summed E-state index contributed by atoms with van der Waals surface area (Å²) < 4.78 is 52.4. The maximum atomic E-state index is 13.2. The largest absolute Gasteiger partial charge is 0.387 e. The van der Waals surface area contributed by atoms with E-state index >= 15 is 0 Å². The van der Waals surface area contributed by atoms with E-state index in [0.29, 0.717) is 49.2 Å². The van der Waals surface area contributed by atoms with Crippen molar-refractivity contribution in [1.82, 2.24) is 26.0 Å². The molecule has 1 spiro atoms. The number of rotatable bonds is 28. The van der Waals surface area contributed by atoms with Crippen LogP contribution in [0, 0.1) is 5.92 Å². The lowest BCUT2D eigenvalue weighted by molar-refractivity contribution is -0.145. The van der Waals surface area contributed by atoms with Crippen LogP contribution >= 0.6 is 15.9 Å². The molecular formula is C55H77BrN6O13S. The molecule has 6 amide bonds. The normalized spacial score (nSPS) is 24.0. The Hall–Kier alpha value is -5.29. The lowest BCUT2D eigenvalue weighted by atomic mass is 9.87. The Bertz CT molecular complexity index is 2500. The van der Waals surface area contributed by atoms with Crippen molar-refractivity contribution in [3.05, 3.63) is 95.6 Å². The molecule has 0 radical (unpaired) electrons. The van der Waals surface area contributed by atoms with Gasteiger partial charge in [-0.1, -0.05) is 89.5 Å². The fraction of sp³-hybridized carbons (Fsp3) is 0.564. The maximum Gasteiger partial charge on any atom is 0.264 e. The number of aryl methyl sites for hydroxylation is 1. The zero-order valence-corrected chi connectivity index (χ0v) is 46.8. The number of aliphatic hydroxyl groups is 1. The van der Waals surface area contributed by atoms with E-state index in [4.69, 9.17) is 18.9 Å². The van der Waals surface area contributed by atoms with Gasteiger partial charge in [0.25, 0.3) is 10.0 Å². The molecule has 418 valence electrons. The van der Waals surface area contributed by atoms with E-state index in [1.165, 1.54) is 30.3 Å². The number of carbonyl (C=O) groups excluding carboxylic acids is 6. The highest BCUT2D eigenvalue weighted by Crippen LogP contribution is 2.43. The van der Waals surface area contributed by atoms with Gasteiger partial charge in [-0.25, -0.2) is 13.1 Å². The Kier molecular flexibility index (Phi) is 24.3. The van der Waals surface area contributed by atoms with Gasteiger partial charge < -0.3 is 50.6 Å². The molecule has 76 heavy (non-hydrogen) atoms. The summed E-state index contributed by atoms with van der Waals surface area (Å²) in [5.74, 6) is -1.89. The molecule has 0 unspecified atom stereocenters. The summed E-state index contributed by atoms with van der Waals surface area (Å²) in [5.41, 5.74) is 1.78. The predicted octanol–water partition coefficient (Wildman–Crippen LogP) is 5.10. The first-order valence-corrected chi connectivity index (χ1v) is 28.8. The number of hydrogen-bond acceptors (Lipinski definition) is 13. The Morgan fingerprint density at radius 1 is 0.882 bits per heavy atom. The zero-order chi connectivity index (χ0) is 55.4. The van der Waals surface area contributed by atoms with Gasteiger partial charge in [-0.15, -0.1) is 0 Å². The minimum absolute atomic E-state index is 0.00670. The summed E-state index contributed by atoms with van der Waals surface area (Å²) in [7, 11) is -4.24. The third kappa shape index (κ3) is 20.6. The molecule has 0 aliphatic carbocycles. The first-order chi connectivity index (χ1) is 36.1. The minimum atomic E-state index is -4.24. The Balaban J connectivity index is 1.02. The fourth-order valence-corrected chi connectivity index (χ4v) is 10.2. The number of epoxide rings is 1. The standard InChI is InChI=1S/C55H77BrN6O13S/c1-35(2)73-38(5)17-25-49(64)61-45-28-37(4)46(74-39(45)6)23-15-36(3)16-24-47-54(69)55(34-72-55)30-42(75-47)29-51(66)58-32-40-18-21-43(22-19-40)76(70,71)62-50(65)26-20-41-12-9-10-13-44(41)60-53(68)33-59-48(63)14-8-7-11-27-57-52(67)31-56/h9-10,12-13,15-19,21-22,24-25,35,37-39,42,45-47,54,69H,7-8,11,14,20,23,26-34H2,1-6H3,(H,57,67)(H,58,66)(H,59,63)(H,60,68)(H,61,64)(H,62,65)/b24-16+,25-17-,36-15+/t37-,38-,39+,42+,45+,46-,47+,54+,55+/m0/s1. The van der Waals surface area contributed by atoms with Crippen molar-refractivity contribution in [1.29, 1.82) is 0 Å². The summed E-state index contributed by atoms with van der Waals surface area (Å²) >= 11 is 3.08. The van der Waals surface area contributed by atoms with Gasteiger partial charge in [0.05, 0.1) is 66.4 Å². The summed E-state index contributed by atoms with van der Waals surface area (Å²) in [5, 5.41) is 25.4. The second-order valence-corrected chi connectivity index (χ2v) is 22.4. The highest BCUT2D eigenvalue weighted by Gasteiger charge is 2.58. The topological polar surface area (TPSA) is 269 Å². The number of nitrogens with one attached hydrogen (secondary N) is 6.